The number of ether oxygens (including phenoxy) is 1. The maximum Gasteiger partial charge on any atom is 0.126 e. The van der Waals surface area contributed by atoms with Crippen LogP contribution in [0.15, 0.2) is 12.1 Å². The van der Waals surface area contributed by atoms with E-state index in [1.165, 1.54) is 30.4 Å². The van der Waals surface area contributed by atoms with Crippen LogP contribution in [0.4, 0.5) is 0 Å². The Labute approximate surface area is 101 Å². The number of nitrogens with two attached hydrogens (primary N) is 1. The molecule has 0 bridgehead atoms. The van der Waals surface area contributed by atoms with Crippen molar-refractivity contribution >= 4 is 11.6 Å². The van der Waals surface area contributed by atoms with E-state index >= 15 is 0 Å². The first-order valence-electron chi connectivity index (χ1n) is 5.91. The van der Waals surface area contributed by atoms with Crippen LogP contribution in [-0.4, -0.2) is 13.2 Å². The first-order chi connectivity index (χ1) is 7.75. The summed E-state index contributed by atoms with van der Waals surface area (Å²) in [5.74, 6) is 1.06. The molecule has 1 fully saturated rings. The molecule has 2 N–H and O–H groups in total. The monoisotopic (exact) mass is 237 g/mol. The Kier molecular flexibility index (Phi) is 2.37. The van der Waals surface area contributed by atoms with Gasteiger partial charge in [-0.3, -0.25) is 0 Å². The van der Waals surface area contributed by atoms with Gasteiger partial charge in [0.25, 0.3) is 0 Å². The van der Waals surface area contributed by atoms with Crippen LogP contribution in [0.3, 0.4) is 0 Å². The van der Waals surface area contributed by atoms with Crippen molar-refractivity contribution in [3.05, 3.63) is 28.3 Å². The van der Waals surface area contributed by atoms with E-state index in [9.17, 15) is 0 Å². The van der Waals surface area contributed by atoms with Gasteiger partial charge in [-0.2, -0.15) is 0 Å². The standard InChI is InChI=1S/C13H16ClNO/c14-10-6-9-2-5-16-12(9)11(7-10)13(8-15)3-1-4-13/h6-7H,1-5,8,15H2. The molecule has 1 saturated carbocycles. The van der Waals surface area contributed by atoms with Crippen molar-refractivity contribution in [1.29, 1.82) is 0 Å². The van der Waals surface area contributed by atoms with E-state index < -0.39 is 0 Å². The lowest BCUT2D eigenvalue weighted by Gasteiger charge is -2.42. The van der Waals surface area contributed by atoms with Gasteiger partial charge in [-0.25, -0.2) is 0 Å². The van der Waals surface area contributed by atoms with Crippen molar-refractivity contribution in [3.63, 3.8) is 0 Å². The zero-order valence-corrected chi connectivity index (χ0v) is 10.0. The van der Waals surface area contributed by atoms with Crippen molar-refractivity contribution in [3.8, 4) is 5.75 Å². The van der Waals surface area contributed by atoms with Crippen LogP contribution in [0.5, 0.6) is 5.75 Å². The Hall–Kier alpha value is -0.730. The summed E-state index contributed by atoms with van der Waals surface area (Å²) in [7, 11) is 0. The van der Waals surface area contributed by atoms with E-state index in [0.717, 1.165) is 23.8 Å². The Morgan fingerprint density at radius 1 is 1.38 bits per heavy atom. The largest absolute Gasteiger partial charge is 0.493 e. The molecule has 0 unspecified atom stereocenters. The fraction of sp³-hybridized carbons (Fsp3) is 0.538. The van der Waals surface area contributed by atoms with Gasteiger partial charge in [0.05, 0.1) is 6.61 Å². The van der Waals surface area contributed by atoms with Crippen LogP contribution < -0.4 is 10.5 Å². The average Bonchev–Trinajstić information content (AvgIpc) is 2.64. The van der Waals surface area contributed by atoms with Crippen LogP contribution in [0, 0.1) is 0 Å². The van der Waals surface area contributed by atoms with Crippen molar-refractivity contribution < 1.29 is 4.74 Å². The number of halogens is 1. The Morgan fingerprint density at radius 3 is 2.81 bits per heavy atom. The normalized spacial score (nSPS) is 21.1. The molecule has 0 atom stereocenters. The van der Waals surface area contributed by atoms with Gasteiger partial charge >= 0.3 is 0 Å². The van der Waals surface area contributed by atoms with Gasteiger partial charge in [-0.15, -0.1) is 0 Å². The molecule has 86 valence electrons. The highest BCUT2D eigenvalue weighted by Crippen LogP contribution is 2.49. The number of benzene rings is 1. The molecule has 1 aliphatic heterocycles. The minimum Gasteiger partial charge on any atom is -0.493 e. The fourth-order valence-corrected chi connectivity index (χ4v) is 3.09. The average molecular weight is 238 g/mol. The molecule has 0 aromatic heterocycles. The van der Waals surface area contributed by atoms with Crippen molar-refractivity contribution in [1.82, 2.24) is 0 Å². The Bertz CT molecular complexity index is 421. The molecule has 1 aliphatic carbocycles. The molecule has 16 heavy (non-hydrogen) atoms. The lowest BCUT2D eigenvalue weighted by atomic mass is 9.64. The van der Waals surface area contributed by atoms with Crippen LogP contribution in [-0.2, 0) is 11.8 Å². The summed E-state index contributed by atoms with van der Waals surface area (Å²) in [6, 6.07) is 4.08. The SMILES string of the molecule is NCC1(c2cc(Cl)cc3c2OCC3)CCC1. The topological polar surface area (TPSA) is 35.2 Å². The third kappa shape index (κ3) is 1.36. The maximum absolute atomic E-state index is 6.18. The molecule has 3 heteroatoms. The summed E-state index contributed by atoms with van der Waals surface area (Å²) in [6.07, 6.45) is 4.57. The first-order valence-corrected chi connectivity index (χ1v) is 6.29. The lowest BCUT2D eigenvalue weighted by molar-refractivity contribution is 0.241. The summed E-state index contributed by atoms with van der Waals surface area (Å²) in [5.41, 5.74) is 8.59. The summed E-state index contributed by atoms with van der Waals surface area (Å²) in [5, 5.41) is 0.818. The summed E-state index contributed by atoms with van der Waals surface area (Å²) in [4.78, 5) is 0. The molecule has 0 amide bonds. The molecule has 1 aromatic rings. The van der Waals surface area contributed by atoms with E-state index in [-0.39, 0.29) is 5.41 Å². The number of fused-ring (bicyclic) bond motifs is 1. The van der Waals surface area contributed by atoms with Gasteiger partial charge in [-0.1, -0.05) is 18.0 Å². The van der Waals surface area contributed by atoms with E-state index in [1.807, 2.05) is 6.07 Å². The third-order valence-electron chi connectivity index (χ3n) is 4.02. The number of hydrogen-bond acceptors (Lipinski definition) is 2. The zero-order valence-electron chi connectivity index (χ0n) is 9.26. The van der Waals surface area contributed by atoms with Gasteiger partial charge in [0, 0.05) is 29.0 Å². The second kappa shape index (κ2) is 3.64. The molecule has 3 rings (SSSR count). The predicted octanol–water partition coefficient (Wildman–Crippen LogP) is 2.66. The highest BCUT2D eigenvalue weighted by Gasteiger charge is 2.41. The second-order valence-electron chi connectivity index (χ2n) is 4.88. The molecule has 2 nitrogen and oxygen atoms in total. The van der Waals surface area contributed by atoms with Gasteiger partial charge in [0.2, 0.25) is 0 Å². The highest BCUT2D eigenvalue weighted by atomic mass is 35.5. The zero-order chi connectivity index (χ0) is 11.2. The molecular formula is C13H16ClNO. The molecule has 0 spiro atoms. The fourth-order valence-electron chi connectivity index (χ4n) is 2.85. The van der Waals surface area contributed by atoms with E-state index in [2.05, 4.69) is 6.07 Å². The summed E-state index contributed by atoms with van der Waals surface area (Å²) >= 11 is 6.18. The van der Waals surface area contributed by atoms with E-state index in [4.69, 9.17) is 22.1 Å². The molecule has 2 aliphatic rings. The predicted molar refractivity (Wildman–Crippen MR) is 65.2 cm³/mol. The van der Waals surface area contributed by atoms with Crippen LogP contribution in [0.2, 0.25) is 5.02 Å². The Balaban J connectivity index is 2.13. The molecule has 0 radical (unpaired) electrons. The number of hydrogen-bond donors (Lipinski definition) is 1. The lowest BCUT2D eigenvalue weighted by Crippen LogP contribution is -2.41. The van der Waals surface area contributed by atoms with Crippen LogP contribution in [0.25, 0.3) is 0 Å². The molecule has 1 heterocycles. The van der Waals surface area contributed by atoms with Crippen LogP contribution >= 0.6 is 11.6 Å². The smallest absolute Gasteiger partial charge is 0.126 e. The van der Waals surface area contributed by atoms with Crippen molar-refractivity contribution in [2.24, 2.45) is 5.73 Å². The van der Waals surface area contributed by atoms with Crippen LogP contribution in [0.1, 0.15) is 30.4 Å². The van der Waals surface area contributed by atoms with Gasteiger partial charge in [-0.05, 0) is 30.5 Å². The van der Waals surface area contributed by atoms with Gasteiger partial charge < -0.3 is 10.5 Å². The second-order valence-corrected chi connectivity index (χ2v) is 5.31. The van der Waals surface area contributed by atoms with E-state index in [0.29, 0.717) is 6.54 Å². The quantitative estimate of drug-likeness (QED) is 0.858. The first kappa shape index (κ1) is 10.4. The van der Waals surface area contributed by atoms with Crippen molar-refractivity contribution in [2.45, 2.75) is 31.1 Å². The third-order valence-corrected chi connectivity index (χ3v) is 4.24. The molecule has 1 aromatic carbocycles. The van der Waals surface area contributed by atoms with Crippen molar-refractivity contribution in [2.75, 3.05) is 13.2 Å². The van der Waals surface area contributed by atoms with Gasteiger partial charge in [0.15, 0.2) is 0 Å². The highest BCUT2D eigenvalue weighted by molar-refractivity contribution is 6.30. The van der Waals surface area contributed by atoms with Gasteiger partial charge in [0.1, 0.15) is 5.75 Å². The molecular weight excluding hydrogens is 222 g/mol. The number of rotatable bonds is 2. The summed E-state index contributed by atoms with van der Waals surface area (Å²) in [6.45, 7) is 1.48. The minimum atomic E-state index is 0.138. The maximum atomic E-state index is 6.18. The summed E-state index contributed by atoms with van der Waals surface area (Å²) < 4.78 is 5.75. The Morgan fingerprint density at radius 2 is 2.19 bits per heavy atom. The molecule has 0 saturated heterocycles. The van der Waals surface area contributed by atoms with E-state index in [1.54, 1.807) is 0 Å². The minimum absolute atomic E-state index is 0.138.